The van der Waals surface area contributed by atoms with Gasteiger partial charge < -0.3 is 4.74 Å². The smallest absolute Gasteiger partial charge is 0.238 e. The molecule has 0 radical (unpaired) electrons. The van der Waals surface area contributed by atoms with Crippen molar-refractivity contribution in [2.45, 2.75) is 19.2 Å². The lowest BCUT2D eigenvalue weighted by Gasteiger charge is -2.25. The Kier molecular flexibility index (Phi) is 4.12. The predicted molar refractivity (Wildman–Crippen MR) is 91.6 cm³/mol. The summed E-state index contributed by atoms with van der Waals surface area (Å²) in [5.41, 5.74) is 4.41. The molecule has 4 heteroatoms. The lowest BCUT2D eigenvalue weighted by molar-refractivity contribution is -0.115. The largest absolute Gasteiger partial charge is 0.497 e. The Morgan fingerprint density at radius 1 is 1.14 bits per heavy atom. The molecule has 0 saturated carbocycles. The van der Waals surface area contributed by atoms with Gasteiger partial charge in [0.05, 0.1) is 12.9 Å². The van der Waals surface area contributed by atoms with Crippen LogP contribution in [0, 0.1) is 13.8 Å². The Labute approximate surface area is 135 Å². The molecule has 0 N–H and O–H groups in total. The van der Waals surface area contributed by atoms with Crippen LogP contribution in [0.3, 0.4) is 0 Å². The van der Waals surface area contributed by atoms with Crippen LogP contribution in [0.1, 0.15) is 22.1 Å². The number of carbonyl (C=O) groups is 1. The normalized spacial score (nSPS) is 17.9. The third-order valence-electron chi connectivity index (χ3n) is 3.73. The van der Waals surface area contributed by atoms with E-state index in [0.717, 1.165) is 17.0 Å². The molecule has 2 aromatic carbocycles. The Bertz CT molecular complexity index is 694. The van der Waals surface area contributed by atoms with Crippen LogP contribution >= 0.6 is 11.8 Å². The molecule has 0 aromatic heterocycles. The predicted octanol–water partition coefficient (Wildman–Crippen LogP) is 4.09. The molecule has 1 heterocycles. The number of thioether (sulfide) groups is 1. The first-order valence-electron chi connectivity index (χ1n) is 7.24. The van der Waals surface area contributed by atoms with Gasteiger partial charge in [-0.15, -0.1) is 11.8 Å². The van der Waals surface area contributed by atoms with Crippen molar-refractivity contribution < 1.29 is 9.53 Å². The quantitative estimate of drug-likeness (QED) is 0.855. The fourth-order valence-corrected chi connectivity index (χ4v) is 4.00. The molecule has 0 aliphatic carbocycles. The molecular weight excluding hydrogens is 294 g/mol. The Morgan fingerprint density at radius 3 is 2.55 bits per heavy atom. The highest BCUT2D eigenvalue weighted by molar-refractivity contribution is 8.00. The third kappa shape index (κ3) is 2.83. The van der Waals surface area contributed by atoms with Crippen molar-refractivity contribution in [3.05, 3.63) is 59.2 Å². The summed E-state index contributed by atoms with van der Waals surface area (Å²) in [5, 5.41) is 0.00352. The fraction of sp³-hybridized carbons (Fsp3) is 0.278. The van der Waals surface area contributed by atoms with Crippen molar-refractivity contribution in [1.82, 2.24) is 0 Å². The molecule has 1 aliphatic rings. The maximum Gasteiger partial charge on any atom is 0.238 e. The summed E-state index contributed by atoms with van der Waals surface area (Å²) in [6.07, 6.45) is 0. The summed E-state index contributed by atoms with van der Waals surface area (Å²) in [5.74, 6) is 1.48. The van der Waals surface area contributed by atoms with Crippen molar-refractivity contribution in [1.29, 1.82) is 0 Å². The van der Waals surface area contributed by atoms with Crippen LogP contribution in [0.4, 0.5) is 5.69 Å². The van der Waals surface area contributed by atoms with Crippen LogP contribution < -0.4 is 9.64 Å². The molecular formula is C18H19NO2S. The highest BCUT2D eigenvalue weighted by atomic mass is 32.2. The summed E-state index contributed by atoms with van der Waals surface area (Å²) in [7, 11) is 1.66. The SMILES string of the molecule is COc1cccc(C2SCC(=O)N2c2cc(C)cc(C)c2)c1. The zero-order chi connectivity index (χ0) is 15.7. The summed E-state index contributed by atoms with van der Waals surface area (Å²) >= 11 is 1.66. The Morgan fingerprint density at radius 2 is 1.86 bits per heavy atom. The zero-order valence-electron chi connectivity index (χ0n) is 13.0. The average Bonchev–Trinajstić information content (AvgIpc) is 2.88. The number of hydrogen-bond donors (Lipinski definition) is 0. The minimum Gasteiger partial charge on any atom is -0.497 e. The molecule has 3 nitrogen and oxygen atoms in total. The molecule has 1 aliphatic heterocycles. The molecule has 2 aromatic rings. The summed E-state index contributed by atoms with van der Waals surface area (Å²) in [4.78, 5) is 14.3. The van der Waals surface area contributed by atoms with Gasteiger partial charge in [-0.2, -0.15) is 0 Å². The van der Waals surface area contributed by atoms with E-state index in [1.54, 1.807) is 18.9 Å². The third-order valence-corrected chi connectivity index (χ3v) is 4.94. The number of carbonyl (C=O) groups excluding carboxylic acids is 1. The van der Waals surface area contributed by atoms with E-state index < -0.39 is 0 Å². The lowest BCUT2D eigenvalue weighted by atomic mass is 10.1. The maximum atomic E-state index is 12.4. The van der Waals surface area contributed by atoms with Crippen LogP contribution in [0.2, 0.25) is 0 Å². The molecule has 1 amide bonds. The van der Waals surface area contributed by atoms with E-state index in [2.05, 4.69) is 38.1 Å². The molecule has 1 fully saturated rings. The van der Waals surface area contributed by atoms with E-state index in [0.29, 0.717) is 5.75 Å². The Balaban J connectivity index is 2.01. The molecule has 1 unspecified atom stereocenters. The van der Waals surface area contributed by atoms with Gasteiger partial charge in [-0.25, -0.2) is 0 Å². The van der Waals surface area contributed by atoms with Crippen LogP contribution in [0.15, 0.2) is 42.5 Å². The number of amides is 1. The number of methoxy groups -OCH3 is 1. The summed E-state index contributed by atoms with van der Waals surface area (Å²) in [6, 6.07) is 14.2. The van der Waals surface area contributed by atoms with Crippen molar-refractivity contribution >= 4 is 23.4 Å². The lowest BCUT2D eigenvalue weighted by Crippen LogP contribution is -2.28. The van der Waals surface area contributed by atoms with Crippen molar-refractivity contribution in [3.8, 4) is 5.75 Å². The number of rotatable bonds is 3. The van der Waals surface area contributed by atoms with Crippen molar-refractivity contribution in [3.63, 3.8) is 0 Å². The number of anilines is 1. The molecule has 1 saturated heterocycles. The fourth-order valence-electron chi connectivity index (χ4n) is 2.83. The second kappa shape index (κ2) is 6.05. The highest BCUT2D eigenvalue weighted by Gasteiger charge is 2.34. The van der Waals surface area contributed by atoms with E-state index in [1.165, 1.54) is 11.1 Å². The van der Waals surface area contributed by atoms with E-state index in [-0.39, 0.29) is 11.3 Å². The maximum absolute atomic E-state index is 12.4. The van der Waals surface area contributed by atoms with Crippen LogP contribution in [-0.2, 0) is 4.79 Å². The molecule has 22 heavy (non-hydrogen) atoms. The monoisotopic (exact) mass is 313 g/mol. The minimum absolute atomic E-state index is 0.00352. The minimum atomic E-state index is 0.00352. The van der Waals surface area contributed by atoms with Gasteiger partial charge in [0.15, 0.2) is 0 Å². The van der Waals surface area contributed by atoms with E-state index >= 15 is 0 Å². The Hall–Kier alpha value is -1.94. The van der Waals surface area contributed by atoms with Crippen molar-refractivity contribution in [2.75, 3.05) is 17.8 Å². The average molecular weight is 313 g/mol. The summed E-state index contributed by atoms with van der Waals surface area (Å²) < 4.78 is 5.31. The summed E-state index contributed by atoms with van der Waals surface area (Å²) in [6.45, 7) is 4.12. The number of ether oxygens (including phenoxy) is 1. The second-order valence-corrected chi connectivity index (χ2v) is 6.62. The molecule has 0 spiro atoms. The van der Waals surface area contributed by atoms with Gasteiger partial charge >= 0.3 is 0 Å². The van der Waals surface area contributed by atoms with Crippen LogP contribution in [0.5, 0.6) is 5.75 Å². The molecule has 114 valence electrons. The van der Waals surface area contributed by atoms with Gasteiger partial charge in [0.25, 0.3) is 0 Å². The van der Waals surface area contributed by atoms with E-state index in [4.69, 9.17) is 4.74 Å². The first-order valence-corrected chi connectivity index (χ1v) is 8.29. The van der Waals surface area contributed by atoms with Crippen LogP contribution in [0.25, 0.3) is 0 Å². The second-order valence-electron chi connectivity index (χ2n) is 5.55. The first-order chi connectivity index (χ1) is 10.6. The van der Waals surface area contributed by atoms with Gasteiger partial charge in [-0.3, -0.25) is 9.69 Å². The molecule has 0 bridgehead atoms. The van der Waals surface area contributed by atoms with Gasteiger partial charge in [0, 0.05) is 5.69 Å². The van der Waals surface area contributed by atoms with Gasteiger partial charge in [0.1, 0.15) is 11.1 Å². The number of aryl methyl sites for hydroxylation is 2. The zero-order valence-corrected chi connectivity index (χ0v) is 13.8. The number of nitrogens with zero attached hydrogens (tertiary/aromatic N) is 1. The molecule has 3 rings (SSSR count). The topological polar surface area (TPSA) is 29.5 Å². The highest BCUT2D eigenvalue weighted by Crippen LogP contribution is 2.42. The van der Waals surface area contributed by atoms with Crippen LogP contribution in [-0.4, -0.2) is 18.8 Å². The van der Waals surface area contributed by atoms with Crippen molar-refractivity contribution in [2.24, 2.45) is 0 Å². The van der Waals surface area contributed by atoms with E-state index in [1.807, 2.05) is 23.1 Å². The first kappa shape index (κ1) is 15.0. The standard InChI is InChI=1S/C18H19NO2S/c1-12-7-13(2)9-15(8-12)19-17(20)11-22-18(19)14-5-4-6-16(10-14)21-3/h4-10,18H,11H2,1-3H3. The van der Waals surface area contributed by atoms with Gasteiger partial charge in [-0.05, 0) is 54.8 Å². The number of benzene rings is 2. The van der Waals surface area contributed by atoms with E-state index in [9.17, 15) is 4.79 Å². The van der Waals surface area contributed by atoms with Gasteiger partial charge in [-0.1, -0.05) is 18.2 Å². The number of hydrogen-bond acceptors (Lipinski definition) is 3. The van der Waals surface area contributed by atoms with Gasteiger partial charge in [0.2, 0.25) is 5.91 Å². The molecule has 1 atom stereocenters.